The maximum atomic E-state index is 12.0. The summed E-state index contributed by atoms with van der Waals surface area (Å²) in [5.41, 5.74) is 2.09. The second-order valence-electron chi connectivity index (χ2n) is 3.74. The van der Waals surface area contributed by atoms with Gasteiger partial charge in [0.1, 0.15) is 0 Å². The highest BCUT2D eigenvalue weighted by Crippen LogP contribution is 2.22. The second kappa shape index (κ2) is 5.75. The van der Waals surface area contributed by atoms with Crippen molar-refractivity contribution in [2.45, 2.75) is 33.0 Å². The Labute approximate surface area is 103 Å². The minimum absolute atomic E-state index is 0.462. The summed E-state index contributed by atoms with van der Waals surface area (Å²) in [5.74, 6) is 0. The first-order chi connectivity index (χ1) is 8.37. The van der Waals surface area contributed by atoms with Gasteiger partial charge in [-0.3, -0.25) is 0 Å². The lowest BCUT2D eigenvalue weighted by Gasteiger charge is -2.15. The number of para-hydroxylation sites is 1. The lowest BCUT2D eigenvalue weighted by atomic mass is 10.0. The predicted octanol–water partition coefficient (Wildman–Crippen LogP) is 3.45. The van der Waals surface area contributed by atoms with Crippen molar-refractivity contribution in [3.05, 3.63) is 29.3 Å². The molecule has 6 heteroatoms. The first-order valence-corrected chi connectivity index (χ1v) is 5.64. The Morgan fingerprint density at radius 3 is 2.06 bits per heavy atom. The average Bonchev–Trinajstić information content (AvgIpc) is 2.26. The second-order valence-corrected chi connectivity index (χ2v) is 3.74. The quantitative estimate of drug-likeness (QED) is 0.803. The van der Waals surface area contributed by atoms with Crippen LogP contribution in [-0.4, -0.2) is 12.3 Å². The smallest absolute Gasteiger partial charge is 0.307 e. The number of carbonyl (C=O) groups is 1. The average molecular weight is 260 g/mol. The molecule has 3 nitrogen and oxygen atoms in total. The van der Waals surface area contributed by atoms with Gasteiger partial charge in [0.2, 0.25) is 0 Å². The van der Waals surface area contributed by atoms with E-state index in [1.807, 2.05) is 19.9 Å². The van der Waals surface area contributed by atoms with E-state index in [-0.39, 0.29) is 0 Å². The first-order valence-electron chi connectivity index (χ1n) is 5.64. The molecule has 0 aliphatic heterocycles. The number of hydrogen-bond donors (Lipinski definition) is 2. The molecule has 0 heterocycles. The maximum Gasteiger partial charge on any atom is 0.485 e. The molecule has 0 fully saturated rings. The zero-order valence-electron chi connectivity index (χ0n) is 10.2. The van der Waals surface area contributed by atoms with E-state index >= 15 is 0 Å². The van der Waals surface area contributed by atoms with E-state index in [1.165, 1.54) is 0 Å². The molecular formula is C12H15F3N2O. The van der Waals surface area contributed by atoms with E-state index in [1.54, 1.807) is 12.1 Å². The van der Waals surface area contributed by atoms with Crippen LogP contribution >= 0.6 is 0 Å². The normalized spacial score (nSPS) is 11.2. The van der Waals surface area contributed by atoms with Gasteiger partial charge in [0.25, 0.3) is 0 Å². The summed E-state index contributed by atoms with van der Waals surface area (Å²) in [6.45, 7) is 3.75. The topological polar surface area (TPSA) is 41.1 Å². The molecule has 1 aromatic carbocycles. The van der Waals surface area contributed by atoms with Gasteiger partial charge in [-0.15, -0.1) is 0 Å². The lowest BCUT2D eigenvalue weighted by molar-refractivity contribution is -0.144. The van der Waals surface area contributed by atoms with Crippen LogP contribution in [0, 0.1) is 0 Å². The Kier molecular flexibility index (Phi) is 4.58. The van der Waals surface area contributed by atoms with Gasteiger partial charge in [-0.05, 0) is 24.0 Å². The number of hydrogen-bond acceptors (Lipinski definition) is 1. The molecule has 0 aromatic heterocycles. The fourth-order valence-corrected chi connectivity index (χ4v) is 1.68. The largest absolute Gasteiger partial charge is 0.485 e. The van der Waals surface area contributed by atoms with E-state index in [0.717, 1.165) is 16.4 Å². The van der Waals surface area contributed by atoms with E-state index < -0.39 is 12.3 Å². The summed E-state index contributed by atoms with van der Waals surface area (Å²) in [6, 6.07) is 4.12. The molecule has 2 amide bonds. The van der Waals surface area contributed by atoms with Crippen LogP contribution in [0.1, 0.15) is 25.0 Å². The van der Waals surface area contributed by atoms with E-state index in [9.17, 15) is 18.0 Å². The summed E-state index contributed by atoms with van der Waals surface area (Å²) in [6.07, 6.45) is -3.46. The van der Waals surface area contributed by atoms with Crippen LogP contribution in [0.25, 0.3) is 0 Å². The number of alkyl halides is 3. The number of nitrogens with one attached hydrogen (secondary N) is 2. The molecule has 0 bridgehead atoms. The number of halogens is 3. The standard InChI is InChI=1S/C12H15F3N2O/c1-3-8-6-5-7-9(4-2)10(8)16-11(18)17-12(13,14)15/h5-7H,3-4H2,1-2H3,(H2,16,17,18). The zero-order valence-corrected chi connectivity index (χ0v) is 10.2. The first kappa shape index (κ1) is 14.3. The Morgan fingerprint density at radius 2 is 1.67 bits per heavy atom. The van der Waals surface area contributed by atoms with Gasteiger partial charge >= 0.3 is 12.3 Å². The number of benzene rings is 1. The Hall–Kier alpha value is -1.72. The molecule has 2 N–H and O–H groups in total. The van der Waals surface area contributed by atoms with Gasteiger partial charge in [-0.2, -0.15) is 13.2 Å². The SMILES string of the molecule is CCc1cccc(CC)c1NC(=O)NC(F)(F)F. The Balaban J connectivity index is 2.92. The highest BCUT2D eigenvalue weighted by molar-refractivity contribution is 5.91. The van der Waals surface area contributed by atoms with Crippen LogP contribution in [0.15, 0.2) is 18.2 Å². The summed E-state index contributed by atoms with van der Waals surface area (Å²) < 4.78 is 36.0. The number of anilines is 1. The summed E-state index contributed by atoms with van der Waals surface area (Å²) >= 11 is 0. The Bertz CT molecular complexity index is 408. The van der Waals surface area contributed by atoms with Crippen LogP contribution in [0.5, 0.6) is 0 Å². The third-order valence-electron chi connectivity index (χ3n) is 2.49. The van der Waals surface area contributed by atoms with E-state index in [0.29, 0.717) is 18.5 Å². The minimum atomic E-state index is -4.72. The van der Waals surface area contributed by atoms with E-state index in [4.69, 9.17) is 0 Å². The van der Waals surface area contributed by atoms with Crippen LogP contribution in [0.2, 0.25) is 0 Å². The highest BCUT2D eigenvalue weighted by atomic mass is 19.4. The van der Waals surface area contributed by atoms with Crippen molar-refractivity contribution >= 4 is 11.7 Å². The molecule has 0 saturated heterocycles. The number of urea groups is 1. The number of aryl methyl sites for hydroxylation is 2. The molecule has 18 heavy (non-hydrogen) atoms. The number of amides is 2. The molecule has 0 aliphatic rings. The summed E-state index contributed by atoms with van der Waals surface area (Å²) in [4.78, 5) is 11.2. The molecule has 0 saturated carbocycles. The van der Waals surface area contributed by atoms with Gasteiger partial charge in [0, 0.05) is 5.69 Å². The van der Waals surface area contributed by atoms with Crippen molar-refractivity contribution in [3.63, 3.8) is 0 Å². The van der Waals surface area contributed by atoms with Crippen molar-refractivity contribution in [1.82, 2.24) is 5.32 Å². The molecule has 100 valence electrons. The molecule has 0 spiro atoms. The van der Waals surface area contributed by atoms with Crippen molar-refractivity contribution < 1.29 is 18.0 Å². The molecule has 1 aromatic rings. The van der Waals surface area contributed by atoms with Gasteiger partial charge in [-0.1, -0.05) is 32.0 Å². The van der Waals surface area contributed by atoms with Crippen molar-refractivity contribution in [3.8, 4) is 0 Å². The molecule has 1 rings (SSSR count). The van der Waals surface area contributed by atoms with Crippen LogP contribution < -0.4 is 10.6 Å². The molecule has 0 unspecified atom stereocenters. The third kappa shape index (κ3) is 3.94. The number of rotatable bonds is 3. The number of carbonyl (C=O) groups excluding carboxylic acids is 1. The van der Waals surface area contributed by atoms with Gasteiger partial charge in [-0.25, -0.2) is 10.1 Å². The van der Waals surface area contributed by atoms with Crippen LogP contribution in [-0.2, 0) is 12.8 Å². The molecular weight excluding hydrogens is 245 g/mol. The fraction of sp³-hybridized carbons (Fsp3) is 0.417. The monoisotopic (exact) mass is 260 g/mol. The van der Waals surface area contributed by atoms with Crippen LogP contribution in [0.3, 0.4) is 0 Å². The minimum Gasteiger partial charge on any atom is -0.307 e. The van der Waals surface area contributed by atoms with Gasteiger partial charge < -0.3 is 5.32 Å². The fourth-order valence-electron chi connectivity index (χ4n) is 1.68. The maximum absolute atomic E-state index is 12.0. The van der Waals surface area contributed by atoms with E-state index in [2.05, 4.69) is 5.32 Å². The predicted molar refractivity (Wildman–Crippen MR) is 63.4 cm³/mol. The van der Waals surface area contributed by atoms with Gasteiger partial charge in [0.05, 0.1) is 0 Å². The molecule has 0 aliphatic carbocycles. The summed E-state index contributed by atoms with van der Waals surface area (Å²) in [5, 5.41) is 3.19. The van der Waals surface area contributed by atoms with Crippen molar-refractivity contribution in [2.75, 3.05) is 5.32 Å². The zero-order chi connectivity index (χ0) is 13.8. The van der Waals surface area contributed by atoms with Gasteiger partial charge in [0.15, 0.2) is 0 Å². The van der Waals surface area contributed by atoms with Crippen LogP contribution in [0.4, 0.5) is 23.7 Å². The van der Waals surface area contributed by atoms with Crippen molar-refractivity contribution in [1.29, 1.82) is 0 Å². The Morgan fingerprint density at radius 1 is 1.17 bits per heavy atom. The van der Waals surface area contributed by atoms with Crippen molar-refractivity contribution in [2.24, 2.45) is 0 Å². The molecule has 0 radical (unpaired) electrons. The highest BCUT2D eigenvalue weighted by Gasteiger charge is 2.30. The lowest BCUT2D eigenvalue weighted by Crippen LogP contribution is -2.40. The summed E-state index contributed by atoms with van der Waals surface area (Å²) in [7, 11) is 0. The molecule has 0 atom stereocenters. The third-order valence-corrected chi connectivity index (χ3v) is 2.49.